The Kier molecular flexibility index (Phi) is 17.1. The summed E-state index contributed by atoms with van der Waals surface area (Å²) in [4.78, 5) is 5.01. The Labute approximate surface area is 714 Å². The Bertz CT molecular complexity index is 8610. The molecule has 572 valence electrons. The van der Waals surface area contributed by atoms with Crippen LogP contribution in [-0.2, 0) is 0 Å². The van der Waals surface area contributed by atoms with Crippen LogP contribution in [0.25, 0.3) is 239 Å². The van der Waals surface area contributed by atoms with E-state index in [2.05, 4.69) is 464 Å². The van der Waals surface area contributed by atoms with Crippen LogP contribution in [0.5, 0.6) is 0 Å². The van der Waals surface area contributed by atoms with Crippen LogP contribution in [0.3, 0.4) is 0 Å². The maximum Gasteiger partial charge on any atom is 0.0708 e. The summed E-state index contributed by atoms with van der Waals surface area (Å²) in [6, 6.07) is 163. The fraction of sp³-hybridized carbons (Fsp3) is 0. The van der Waals surface area contributed by atoms with E-state index in [1.165, 1.54) is 228 Å². The van der Waals surface area contributed by atoms with Gasteiger partial charge < -0.3 is 9.13 Å². The first-order valence-electron chi connectivity index (χ1n) is 42.3. The van der Waals surface area contributed by atoms with E-state index in [0.717, 1.165) is 11.3 Å². The summed E-state index contributed by atoms with van der Waals surface area (Å²) in [6.45, 7) is 0. The van der Waals surface area contributed by atoms with E-state index in [9.17, 15) is 0 Å². The van der Waals surface area contributed by atoms with Crippen molar-refractivity contribution in [2.45, 2.75) is 0 Å². The molecule has 0 saturated carbocycles. The highest BCUT2D eigenvalue weighted by Crippen LogP contribution is 2.47. The maximum atomic E-state index is 5.01. The fourth-order valence-electron chi connectivity index (χ4n) is 19.8. The third-order valence-corrected chi connectivity index (χ3v) is 26.7. The summed E-state index contributed by atoms with van der Waals surface area (Å²) < 4.78 is 7.41. The minimum absolute atomic E-state index is 0.990. The van der Waals surface area contributed by atoms with Gasteiger partial charge in [-0.05, 0) is 232 Å². The minimum Gasteiger partial charge on any atom is -0.309 e. The third-order valence-electron chi connectivity index (χ3n) is 25.4. The molecule has 3 nitrogen and oxygen atoms in total. The van der Waals surface area contributed by atoms with E-state index in [1.807, 2.05) is 11.3 Å². The molecule has 0 fully saturated rings. The average molecular weight is 1580 g/mol. The van der Waals surface area contributed by atoms with E-state index in [4.69, 9.17) is 4.98 Å². The Morgan fingerprint density at radius 1 is 0.154 bits per heavy atom. The zero-order valence-electron chi connectivity index (χ0n) is 67.1. The summed E-state index contributed by atoms with van der Waals surface area (Å²) in [7, 11) is 0. The van der Waals surface area contributed by atoms with Gasteiger partial charge in [-0.2, -0.15) is 0 Å². The van der Waals surface area contributed by atoms with Crippen LogP contribution in [0.2, 0.25) is 0 Å². The highest BCUT2D eigenvalue weighted by Gasteiger charge is 2.21. The van der Waals surface area contributed by atoms with Crippen molar-refractivity contribution >= 4 is 172 Å². The molecule has 0 saturated heterocycles. The largest absolute Gasteiger partial charge is 0.309 e. The molecule has 0 bridgehead atoms. The predicted molar refractivity (Wildman–Crippen MR) is 529 cm³/mol. The number of fused-ring (bicyclic) bond motifs is 27. The lowest BCUT2D eigenvalue weighted by atomic mass is 9.91. The average Bonchev–Trinajstić information content (AvgIpc) is 1.13. The summed E-state index contributed by atoms with van der Waals surface area (Å²) >= 11 is 1.90. The number of thiophene rings is 1. The number of aromatic nitrogens is 3. The number of para-hydroxylation sites is 4. The zero-order valence-corrected chi connectivity index (χ0v) is 67.9. The Balaban J connectivity index is 0.000000104. The van der Waals surface area contributed by atoms with Crippen molar-refractivity contribution in [2.24, 2.45) is 0 Å². The number of nitrogens with zero attached hydrogens (tertiary/aromatic N) is 3. The van der Waals surface area contributed by atoms with Crippen LogP contribution >= 0.6 is 11.3 Å². The number of rotatable bonds is 8. The van der Waals surface area contributed by atoms with Gasteiger partial charge in [-0.25, -0.2) is 0 Å². The smallest absolute Gasteiger partial charge is 0.0708 e. The van der Waals surface area contributed by atoms with Crippen LogP contribution < -0.4 is 0 Å². The second-order valence-electron chi connectivity index (χ2n) is 32.2. The molecule has 4 aromatic heterocycles. The van der Waals surface area contributed by atoms with Crippen LogP contribution in [0.4, 0.5) is 0 Å². The van der Waals surface area contributed by atoms with E-state index in [-0.39, 0.29) is 0 Å². The van der Waals surface area contributed by atoms with Gasteiger partial charge in [-0.3, -0.25) is 4.98 Å². The Hall–Kier alpha value is -15.9. The van der Waals surface area contributed by atoms with Gasteiger partial charge in [0, 0.05) is 70.2 Å². The molecule has 0 radical (unpaired) electrons. The lowest BCUT2D eigenvalue weighted by Gasteiger charge is -2.13. The monoisotopic (exact) mass is 1580 g/mol. The van der Waals surface area contributed by atoms with Crippen molar-refractivity contribution in [1.82, 2.24) is 14.1 Å². The summed E-state index contributed by atoms with van der Waals surface area (Å²) in [5, 5.41) is 30.9. The molecule has 0 N–H and O–H groups in total. The highest BCUT2D eigenvalue weighted by molar-refractivity contribution is 7.26. The van der Waals surface area contributed by atoms with Crippen molar-refractivity contribution in [3.05, 3.63) is 455 Å². The van der Waals surface area contributed by atoms with E-state index in [1.54, 1.807) is 0 Å². The van der Waals surface area contributed by atoms with Crippen LogP contribution in [0.1, 0.15) is 0 Å². The van der Waals surface area contributed by atoms with Gasteiger partial charge in [0.1, 0.15) is 0 Å². The number of pyridine rings is 1. The maximum absolute atomic E-state index is 5.01. The Morgan fingerprint density at radius 3 is 0.919 bits per heavy atom. The lowest BCUT2D eigenvalue weighted by molar-refractivity contribution is 1.18. The molecule has 0 aliphatic heterocycles. The molecule has 0 unspecified atom stereocenters. The number of benzene rings is 22. The lowest BCUT2D eigenvalue weighted by Crippen LogP contribution is -1.94. The fourth-order valence-corrected chi connectivity index (χ4v) is 21.2. The molecule has 22 aromatic carbocycles. The molecule has 0 aliphatic rings. The molecular weight excluding hydrogens is 1500 g/mol. The van der Waals surface area contributed by atoms with Crippen LogP contribution in [0, 0.1) is 0 Å². The second kappa shape index (κ2) is 29.6. The normalized spacial score (nSPS) is 11.7. The molecule has 123 heavy (non-hydrogen) atoms. The summed E-state index contributed by atoms with van der Waals surface area (Å²) in [6.07, 6.45) is 2.06. The topological polar surface area (TPSA) is 22.8 Å². The van der Waals surface area contributed by atoms with Gasteiger partial charge in [0.15, 0.2) is 0 Å². The SMILES string of the molecule is c1cc(-c2ccc3c4ccccc4c4ccccc4c3c2)cc(-n2c3ccccc3c3ccccc32)c1.c1ccc(-c2cccc3c2sc2c(-c4cccc(-c5cc6c7ccccc7c7ccccc7c6cn5)c4)cccc23)cc1.c1ccc(-n2c3ccccc3c3cc(-c4cccc(-c5ccc6c7ccccc7c7ccccc7c6c5)c4)ccc32)cc1. The van der Waals surface area contributed by atoms with Crippen molar-refractivity contribution < 1.29 is 0 Å². The summed E-state index contributed by atoms with van der Waals surface area (Å²) in [5.41, 5.74) is 21.8. The quantitative estimate of drug-likeness (QED) is 0.139. The van der Waals surface area contributed by atoms with Gasteiger partial charge in [0.25, 0.3) is 0 Å². The van der Waals surface area contributed by atoms with E-state index in [0.29, 0.717) is 0 Å². The number of hydrogen-bond donors (Lipinski definition) is 0. The molecule has 0 spiro atoms. The molecule has 26 aromatic rings. The molecule has 0 atom stereocenters. The third kappa shape index (κ3) is 12.0. The van der Waals surface area contributed by atoms with Gasteiger partial charge in [-0.15, -0.1) is 11.3 Å². The Morgan fingerprint density at radius 2 is 0.439 bits per heavy atom. The van der Waals surface area contributed by atoms with Gasteiger partial charge in [0.2, 0.25) is 0 Å². The van der Waals surface area contributed by atoms with Crippen molar-refractivity contribution in [3.8, 4) is 78.3 Å². The van der Waals surface area contributed by atoms with Crippen molar-refractivity contribution in [1.29, 1.82) is 0 Å². The standard InChI is InChI=1S/C42H27N.C41H25NS.C36H23N/c1-2-13-32(14-3-1)43-41-20-9-8-19-38(41)40-27-31(22-24-42(40)43)29-12-10-11-28(25-29)30-21-23-37-35-17-5-4-15-33(35)34-16-6-7-18-36(34)39(37)26-30;1-2-11-26(12-3-1)29-19-9-21-35-36-22-10-20-30(41(36)43-40(29)35)27-13-8-14-28(23-27)39-24-37-33-17-6-4-15-31(33)32-16-5-7-18-34(32)38(37)25-42-39;1-2-14-29-27(12-1)28-13-3-4-15-30(28)34-23-25(20-21-31(29)34)24-10-9-11-26(22-24)37-35-18-7-5-16-32(35)33-17-6-8-19-36(33)37/h1-27H;1-25H;1-23H. The molecule has 0 aliphatic carbocycles. The molecule has 4 heterocycles. The van der Waals surface area contributed by atoms with Gasteiger partial charge >= 0.3 is 0 Å². The predicted octanol–water partition coefficient (Wildman–Crippen LogP) is 33.4. The van der Waals surface area contributed by atoms with Crippen LogP contribution in [0.15, 0.2) is 455 Å². The zero-order chi connectivity index (χ0) is 81.0. The van der Waals surface area contributed by atoms with E-state index < -0.39 is 0 Å². The van der Waals surface area contributed by atoms with E-state index >= 15 is 0 Å². The molecule has 26 rings (SSSR count). The molecular formula is C119H75N3S. The first kappa shape index (κ1) is 71.3. The molecule has 4 heteroatoms. The van der Waals surface area contributed by atoms with Crippen LogP contribution in [-0.4, -0.2) is 14.1 Å². The van der Waals surface area contributed by atoms with Gasteiger partial charge in [-0.1, -0.05) is 364 Å². The second-order valence-corrected chi connectivity index (χ2v) is 33.3. The minimum atomic E-state index is 0.990. The van der Waals surface area contributed by atoms with Crippen molar-refractivity contribution in [2.75, 3.05) is 0 Å². The first-order valence-corrected chi connectivity index (χ1v) is 43.1. The summed E-state index contributed by atoms with van der Waals surface area (Å²) in [5.74, 6) is 0. The van der Waals surface area contributed by atoms with Gasteiger partial charge in [0.05, 0.1) is 27.8 Å². The molecule has 0 amide bonds. The number of hydrogen-bond acceptors (Lipinski definition) is 2. The highest BCUT2D eigenvalue weighted by atomic mass is 32.1. The first-order chi connectivity index (χ1) is 61.0. The van der Waals surface area contributed by atoms with Crippen molar-refractivity contribution in [3.63, 3.8) is 0 Å².